The van der Waals surface area contributed by atoms with Gasteiger partial charge in [-0.1, -0.05) is 12.1 Å². The number of H-pyrrole nitrogens is 1. The lowest BCUT2D eigenvalue weighted by atomic mass is 9.97. The fourth-order valence-corrected chi connectivity index (χ4v) is 3.85. The molecular formula is C24H22F2N4O2. The Morgan fingerprint density at radius 2 is 1.69 bits per heavy atom. The third kappa shape index (κ3) is 4.07. The van der Waals surface area contributed by atoms with E-state index < -0.39 is 11.6 Å². The van der Waals surface area contributed by atoms with Crippen LogP contribution in [0.25, 0.3) is 22.4 Å². The van der Waals surface area contributed by atoms with Gasteiger partial charge in [0.2, 0.25) is 0 Å². The minimum absolute atomic E-state index is 0.0604. The van der Waals surface area contributed by atoms with Crippen molar-refractivity contribution in [2.75, 3.05) is 45.2 Å². The van der Waals surface area contributed by atoms with Crippen LogP contribution in [0.2, 0.25) is 0 Å². The van der Waals surface area contributed by atoms with Gasteiger partial charge in [-0.15, -0.1) is 0 Å². The van der Waals surface area contributed by atoms with Crippen molar-refractivity contribution in [1.82, 2.24) is 9.88 Å². The number of aromatic amines is 1. The molecule has 164 valence electrons. The summed E-state index contributed by atoms with van der Waals surface area (Å²) in [5, 5.41) is 9.06. The molecule has 0 saturated carbocycles. The first-order valence-corrected chi connectivity index (χ1v) is 10.2. The molecule has 0 atom stereocenters. The minimum Gasteiger partial charge on any atom is -0.494 e. The van der Waals surface area contributed by atoms with E-state index in [4.69, 9.17) is 10.00 Å². The van der Waals surface area contributed by atoms with E-state index in [2.05, 4.69) is 14.8 Å². The molecule has 1 N–H and O–H groups in total. The lowest BCUT2D eigenvalue weighted by molar-refractivity contribution is 0.312. The Hall–Kier alpha value is -3.70. The fourth-order valence-electron chi connectivity index (χ4n) is 3.85. The molecule has 1 aliphatic heterocycles. The van der Waals surface area contributed by atoms with E-state index in [0.717, 1.165) is 26.2 Å². The van der Waals surface area contributed by atoms with E-state index >= 15 is 0 Å². The maximum Gasteiger partial charge on any atom is 0.192 e. The van der Waals surface area contributed by atoms with Gasteiger partial charge in [0.15, 0.2) is 17.0 Å². The van der Waals surface area contributed by atoms with Gasteiger partial charge in [-0.05, 0) is 36.9 Å². The monoisotopic (exact) mass is 436 g/mol. The number of methoxy groups -OCH3 is 1. The third-order valence-corrected chi connectivity index (χ3v) is 5.68. The number of hydrogen-bond donors (Lipinski definition) is 1. The molecule has 8 heteroatoms. The molecule has 4 rings (SSSR count). The summed E-state index contributed by atoms with van der Waals surface area (Å²) in [4.78, 5) is 20.8. The van der Waals surface area contributed by atoms with Gasteiger partial charge >= 0.3 is 0 Å². The fraction of sp³-hybridized carbons (Fsp3) is 0.250. The zero-order valence-corrected chi connectivity index (χ0v) is 17.8. The van der Waals surface area contributed by atoms with Crippen LogP contribution in [-0.2, 0) is 0 Å². The van der Waals surface area contributed by atoms with Gasteiger partial charge in [0.05, 0.1) is 23.9 Å². The number of ether oxygens (including phenoxy) is 1. The van der Waals surface area contributed by atoms with Crippen LogP contribution in [0, 0.1) is 23.0 Å². The summed E-state index contributed by atoms with van der Waals surface area (Å²) in [6.07, 6.45) is 0. The van der Waals surface area contributed by atoms with Crippen molar-refractivity contribution in [3.63, 3.8) is 0 Å². The molecule has 6 nitrogen and oxygen atoms in total. The van der Waals surface area contributed by atoms with Gasteiger partial charge in [0, 0.05) is 37.8 Å². The number of hydrogen-bond acceptors (Lipinski definition) is 5. The summed E-state index contributed by atoms with van der Waals surface area (Å²) < 4.78 is 33.8. The first kappa shape index (κ1) is 21.5. The van der Waals surface area contributed by atoms with Gasteiger partial charge in [-0.2, -0.15) is 5.26 Å². The predicted octanol–water partition coefficient (Wildman–Crippen LogP) is 3.62. The van der Waals surface area contributed by atoms with Crippen LogP contribution in [-0.4, -0.2) is 50.2 Å². The molecule has 1 fully saturated rings. The average molecular weight is 436 g/mol. The molecule has 1 saturated heterocycles. The van der Waals surface area contributed by atoms with E-state index in [1.165, 1.54) is 37.4 Å². The molecule has 0 unspecified atom stereocenters. The van der Waals surface area contributed by atoms with Gasteiger partial charge < -0.3 is 19.5 Å². The largest absolute Gasteiger partial charge is 0.494 e. The van der Waals surface area contributed by atoms with Crippen molar-refractivity contribution in [1.29, 1.82) is 5.26 Å². The maximum atomic E-state index is 14.4. The third-order valence-electron chi connectivity index (χ3n) is 5.68. The number of nitrogens with one attached hydrogen (secondary N) is 1. The van der Waals surface area contributed by atoms with Crippen molar-refractivity contribution in [2.45, 2.75) is 0 Å². The van der Waals surface area contributed by atoms with Crippen LogP contribution in [0.1, 0.15) is 5.56 Å². The average Bonchev–Trinajstić information content (AvgIpc) is 2.79. The van der Waals surface area contributed by atoms with E-state index in [1.54, 1.807) is 18.2 Å². The van der Waals surface area contributed by atoms with Crippen molar-refractivity contribution in [3.05, 3.63) is 69.9 Å². The van der Waals surface area contributed by atoms with Crippen molar-refractivity contribution in [2.24, 2.45) is 0 Å². The Labute approximate surface area is 184 Å². The molecule has 1 aromatic heterocycles. The van der Waals surface area contributed by atoms with E-state index in [1.807, 2.05) is 7.05 Å². The number of piperazine rings is 1. The quantitative estimate of drug-likeness (QED) is 0.677. The first-order valence-electron chi connectivity index (χ1n) is 10.2. The zero-order chi connectivity index (χ0) is 22.8. The topological polar surface area (TPSA) is 72.4 Å². The predicted molar refractivity (Wildman–Crippen MR) is 119 cm³/mol. The number of halogens is 2. The van der Waals surface area contributed by atoms with E-state index in [0.29, 0.717) is 22.6 Å². The van der Waals surface area contributed by atoms with Crippen LogP contribution in [0.15, 0.2) is 47.3 Å². The van der Waals surface area contributed by atoms with Crippen molar-refractivity contribution in [3.8, 4) is 34.2 Å². The molecule has 3 aromatic rings. The summed E-state index contributed by atoms with van der Waals surface area (Å²) in [6.45, 7) is 3.14. The smallest absolute Gasteiger partial charge is 0.192 e. The van der Waals surface area contributed by atoms with Gasteiger partial charge in [0.25, 0.3) is 0 Å². The molecule has 0 radical (unpaired) electrons. The lowest BCUT2D eigenvalue weighted by Crippen LogP contribution is -2.45. The Morgan fingerprint density at radius 1 is 1.00 bits per heavy atom. The molecule has 1 aliphatic rings. The Kier molecular flexibility index (Phi) is 5.93. The standard InChI is InChI=1S/C24H22F2N4O2/c1-29-7-9-30(10-8-29)22-13-20(31)23(15-5-6-21(32-2)19(26)11-15)24(28-22)16-3-4-17(14-27)18(25)12-16/h3-6,11-13H,7-10H2,1-2H3,(H,28,31). The molecule has 0 amide bonds. The number of likely N-dealkylation sites (N-methyl/N-ethyl adjacent to an activating group) is 1. The second kappa shape index (κ2) is 8.81. The van der Waals surface area contributed by atoms with Gasteiger partial charge in [-0.25, -0.2) is 8.78 Å². The summed E-state index contributed by atoms with van der Waals surface area (Å²) in [5.41, 5.74) is 0.897. The SMILES string of the molecule is COc1ccc(-c2c(-c3ccc(C#N)c(F)c3)[nH]c(N3CCN(C)CC3)cc2=O)cc1F. The summed E-state index contributed by atoms with van der Waals surface area (Å²) in [6, 6.07) is 11.7. The van der Waals surface area contributed by atoms with Crippen LogP contribution >= 0.6 is 0 Å². The highest BCUT2D eigenvalue weighted by Crippen LogP contribution is 2.33. The Morgan fingerprint density at radius 3 is 2.31 bits per heavy atom. The van der Waals surface area contributed by atoms with Crippen LogP contribution < -0.4 is 15.1 Å². The first-order chi connectivity index (χ1) is 15.4. The molecular weight excluding hydrogens is 414 g/mol. The zero-order valence-electron chi connectivity index (χ0n) is 17.8. The van der Waals surface area contributed by atoms with Crippen molar-refractivity contribution >= 4 is 5.82 Å². The van der Waals surface area contributed by atoms with Gasteiger partial charge in [-0.3, -0.25) is 4.79 Å². The number of rotatable bonds is 4. The highest BCUT2D eigenvalue weighted by Gasteiger charge is 2.21. The number of anilines is 1. The maximum absolute atomic E-state index is 14.4. The summed E-state index contributed by atoms with van der Waals surface area (Å²) in [5.74, 6) is -0.627. The number of aromatic nitrogens is 1. The number of benzene rings is 2. The molecule has 0 spiro atoms. The lowest BCUT2D eigenvalue weighted by Gasteiger charge is -2.34. The second-order valence-electron chi connectivity index (χ2n) is 7.71. The van der Waals surface area contributed by atoms with Gasteiger partial charge in [0.1, 0.15) is 17.7 Å². The summed E-state index contributed by atoms with van der Waals surface area (Å²) in [7, 11) is 3.40. The van der Waals surface area contributed by atoms with Crippen LogP contribution in [0.4, 0.5) is 14.6 Å². The number of pyridine rings is 1. The molecule has 2 heterocycles. The minimum atomic E-state index is -0.692. The summed E-state index contributed by atoms with van der Waals surface area (Å²) >= 11 is 0. The Bertz CT molecular complexity index is 1260. The molecule has 32 heavy (non-hydrogen) atoms. The van der Waals surface area contributed by atoms with Crippen LogP contribution in [0.3, 0.4) is 0 Å². The second-order valence-corrected chi connectivity index (χ2v) is 7.71. The highest BCUT2D eigenvalue weighted by molar-refractivity contribution is 5.82. The molecule has 0 bridgehead atoms. The normalized spacial score (nSPS) is 14.3. The van der Waals surface area contributed by atoms with E-state index in [9.17, 15) is 13.6 Å². The number of nitriles is 1. The van der Waals surface area contributed by atoms with Crippen molar-refractivity contribution < 1.29 is 13.5 Å². The highest BCUT2D eigenvalue weighted by atomic mass is 19.1. The van der Waals surface area contributed by atoms with Crippen LogP contribution in [0.5, 0.6) is 5.75 Å². The van der Waals surface area contributed by atoms with E-state index in [-0.39, 0.29) is 22.3 Å². The Balaban J connectivity index is 1.91. The molecule has 0 aliphatic carbocycles. The number of nitrogens with zero attached hydrogens (tertiary/aromatic N) is 3. The molecule has 2 aromatic carbocycles.